The van der Waals surface area contributed by atoms with E-state index in [1.54, 1.807) is 28.4 Å². The molecule has 0 radical (unpaired) electrons. The van der Waals surface area contributed by atoms with Gasteiger partial charge in [-0.1, -0.05) is 18.1 Å². The Morgan fingerprint density at radius 2 is 2.26 bits per heavy atom. The molecule has 3 aromatic rings. The van der Waals surface area contributed by atoms with Crippen molar-refractivity contribution in [3.05, 3.63) is 52.2 Å². The Kier molecular flexibility index (Phi) is 6.65. The Balaban J connectivity index is 1.44. The maximum absolute atomic E-state index is 15.0. The summed E-state index contributed by atoms with van der Waals surface area (Å²) in [5, 5.41) is 5.95. The lowest BCUT2D eigenvalue weighted by Crippen LogP contribution is -2.43. The summed E-state index contributed by atoms with van der Waals surface area (Å²) < 4.78 is 20.3. The topological polar surface area (TPSA) is 62.5 Å². The molecular formula is C23H27FN4O2S. The second kappa shape index (κ2) is 9.60. The van der Waals surface area contributed by atoms with Crippen molar-refractivity contribution in [2.24, 2.45) is 5.92 Å². The van der Waals surface area contributed by atoms with Gasteiger partial charge in [0, 0.05) is 37.0 Å². The molecule has 1 atom stereocenters. The molecule has 4 rings (SSSR count). The Hall–Kier alpha value is -2.74. The molecule has 3 heterocycles. The molecule has 0 spiro atoms. The van der Waals surface area contributed by atoms with Crippen LogP contribution < -0.4 is 4.90 Å². The number of piperidine rings is 1. The van der Waals surface area contributed by atoms with E-state index in [1.165, 1.54) is 6.07 Å². The predicted octanol–water partition coefficient (Wildman–Crippen LogP) is 4.76. The van der Waals surface area contributed by atoms with Crippen molar-refractivity contribution in [2.75, 3.05) is 25.0 Å². The van der Waals surface area contributed by atoms with Gasteiger partial charge in [0.2, 0.25) is 5.91 Å². The second-order valence-electron chi connectivity index (χ2n) is 7.99. The van der Waals surface area contributed by atoms with Crippen LogP contribution in [-0.4, -0.2) is 41.1 Å². The highest BCUT2D eigenvalue weighted by atomic mass is 32.1. The molecule has 2 aromatic heterocycles. The number of carbonyl (C=O) groups excluding carboxylic acids is 1. The lowest BCUT2D eigenvalue weighted by Gasteiger charge is -2.35. The minimum absolute atomic E-state index is 0.115. The predicted molar refractivity (Wildman–Crippen MR) is 119 cm³/mol. The molecule has 1 saturated heterocycles. The molecule has 1 unspecified atom stereocenters. The van der Waals surface area contributed by atoms with Crippen molar-refractivity contribution in [2.45, 2.75) is 39.2 Å². The van der Waals surface area contributed by atoms with Gasteiger partial charge in [0.15, 0.2) is 5.82 Å². The molecule has 1 aliphatic rings. The van der Waals surface area contributed by atoms with E-state index in [0.29, 0.717) is 36.1 Å². The number of amides is 1. The SMILES string of the molecule is CCCc1noc(-c2ccc(N3CCCC(C(=O)N(C)Cc4cccs4)C3)c(F)c2)n1. The number of benzene rings is 1. The number of rotatable bonds is 7. The maximum atomic E-state index is 15.0. The van der Waals surface area contributed by atoms with E-state index >= 15 is 0 Å². The highest BCUT2D eigenvalue weighted by molar-refractivity contribution is 7.09. The number of aromatic nitrogens is 2. The average Bonchev–Trinajstić information content (AvgIpc) is 3.46. The third kappa shape index (κ3) is 4.95. The van der Waals surface area contributed by atoms with Crippen molar-refractivity contribution in [3.8, 4) is 11.5 Å². The largest absolute Gasteiger partial charge is 0.368 e. The molecule has 8 heteroatoms. The summed E-state index contributed by atoms with van der Waals surface area (Å²) in [7, 11) is 1.84. The monoisotopic (exact) mass is 442 g/mol. The van der Waals surface area contributed by atoms with Crippen LogP contribution in [0.4, 0.5) is 10.1 Å². The zero-order valence-electron chi connectivity index (χ0n) is 17.9. The van der Waals surface area contributed by atoms with Crippen LogP contribution in [-0.2, 0) is 17.8 Å². The van der Waals surface area contributed by atoms with Crippen molar-refractivity contribution in [1.29, 1.82) is 0 Å². The second-order valence-corrected chi connectivity index (χ2v) is 9.02. The Labute approximate surface area is 185 Å². The molecule has 0 aliphatic carbocycles. The maximum Gasteiger partial charge on any atom is 0.258 e. The Morgan fingerprint density at radius 3 is 3.00 bits per heavy atom. The van der Waals surface area contributed by atoms with Crippen LogP contribution in [0.3, 0.4) is 0 Å². The van der Waals surface area contributed by atoms with Crippen LogP contribution in [0.1, 0.15) is 36.9 Å². The smallest absolute Gasteiger partial charge is 0.258 e. The average molecular weight is 443 g/mol. The van der Waals surface area contributed by atoms with Gasteiger partial charge >= 0.3 is 0 Å². The summed E-state index contributed by atoms with van der Waals surface area (Å²) in [6, 6.07) is 9.01. The van der Waals surface area contributed by atoms with Crippen LogP contribution >= 0.6 is 11.3 Å². The minimum atomic E-state index is -0.340. The number of aryl methyl sites for hydroxylation is 1. The molecule has 1 amide bonds. The van der Waals surface area contributed by atoms with Crippen LogP contribution in [0.25, 0.3) is 11.5 Å². The van der Waals surface area contributed by atoms with Gasteiger partial charge in [0.25, 0.3) is 5.89 Å². The summed E-state index contributed by atoms with van der Waals surface area (Å²) >= 11 is 1.65. The van der Waals surface area contributed by atoms with Gasteiger partial charge < -0.3 is 14.3 Å². The van der Waals surface area contributed by atoms with Crippen LogP contribution in [0.15, 0.2) is 40.2 Å². The van der Waals surface area contributed by atoms with Crippen molar-refractivity contribution in [3.63, 3.8) is 0 Å². The molecule has 31 heavy (non-hydrogen) atoms. The lowest BCUT2D eigenvalue weighted by atomic mass is 9.96. The highest BCUT2D eigenvalue weighted by Crippen LogP contribution is 2.30. The van der Waals surface area contributed by atoms with Crippen LogP contribution in [0.2, 0.25) is 0 Å². The highest BCUT2D eigenvalue weighted by Gasteiger charge is 2.29. The number of carbonyl (C=O) groups is 1. The van der Waals surface area contributed by atoms with E-state index in [9.17, 15) is 9.18 Å². The summed E-state index contributed by atoms with van der Waals surface area (Å²) in [4.78, 5) is 22.2. The summed E-state index contributed by atoms with van der Waals surface area (Å²) in [5.41, 5.74) is 1.08. The fourth-order valence-electron chi connectivity index (χ4n) is 4.02. The first-order chi connectivity index (χ1) is 15.0. The number of nitrogens with zero attached hydrogens (tertiary/aromatic N) is 4. The van der Waals surface area contributed by atoms with E-state index < -0.39 is 0 Å². The number of hydrogen-bond acceptors (Lipinski definition) is 6. The fourth-order valence-corrected chi connectivity index (χ4v) is 4.77. The lowest BCUT2D eigenvalue weighted by molar-refractivity contribution is -0.135. The quantitative estimate of drug-likeness (QED) is 0.528. The first kappa shape index (κ1) is 21.5. The van der Waals surface area contributed by atoms with Gasteiger partial charge in [-0.25, -0.2) is 4.39 Å². The Morgan fingerprint density at radius 1 is 1.39 bits per heavy atom. The molecular weight excluding hydrogens is 415 g/mol. The van der Waals surface area contributed by atoms with Gasteiger partial charge in [0.05, 0.1) is 18.2 Å². The van der Waals surface area contributed by atoms with E-state index in [-0.39, 0.29) is 17.6 Å². The van der Waals surface area contributed by atoms with Gasteiger partial charge in [0.1, 0.15) is 5.82 Å². The number of hydrogen-bond donors (Lipinski definition) is 0. The summed E-state index contributed by atoms with van der Waals surface area (Å²) in [6.45, 7) is 3.91. The van der Waals surface area contributed by atoms with Gasteiger partial charge in [-0.3, -0.25) is 4.79 Å². The van der Waals surface area contributed by atoms with Crippen LogP contribution in [0.5, 0.6) is 0 Å². The standard InChI is InChI=1S/C23H27FN4O2S/c1-3-6-21-25-22(30-26-21)16-9-10-20(19(24)13-16)28-11-4-7-17(14-28)23(29)27(2)15-18-8-5-12-31-18/h5,8-10,12-13,17H,3-4,6-7,11,14-15H2,1-2H3. The third-order valence-corrected chi connectivity index (χ3v) is 6.46. The molecule has 0 bridgehead atoms. The first-order valence-corrected chi connectivity index (χ1v) is 11.6. The minimum Gasteiger partial charge on any atom is -0.368 e. The van der Waals surface area contributed by atoms with Crippen molar-refractivity contribution >= 4 is 22.9 Å². The van der Waals surface area contributed by atoms with E-state index in [1.807, 2.05) is 36.4 Å². The third-order valence-electron chi connectivity index (χ3n) is 5.60. The van der Waals surface area contributed by atoms with E-state index in [0.717, 1.165) is 37.1 Å². The van der Waals surface area contributed by atoms with E-state index in [4.69, 9.17) is 4.52 Å². The number of anilines is 1. The number of thiophene rings is 1. The first-order valence-electron chi connectivity index (χ1n) is 10.7. The molecule has 164 valence electrons. The summed E-state index contributed by atoms with van der Waals surface area (Å²) in [5.74, 6) is 0.601. The molecule has 0 saturated carbocycles. The zero-order valence-corrected chi connectivity index (χ0v) is 18.7. The van der Waals surface area contributed by atoms with Crippen molar-refractivity contribution in [1.82, 2.24) is 15.0 Å². The fraction of sp³-hybridized carbons (Fsp3) is 0.435. The Bertz CT molecular complexity index is 1020. The molecule has 1 aromatic carbocycles. The van der Waals surface area contributed by atoms with E-state index in [2.05, 4.69) is 10.1 Å². The molecule has 0 N–H and O–H groups in total. The normalized spacial score (nSPS) is 16.5. The molecule has 1 aliphatic heterocycles. The van der Waals surface area contributed by atoms with Crippen LogP contribution in [0, 0.1) is 11.7 Å². The molecule has 6 nitrogen and oxygen atoms in total. The molecule has 1 fully saturated rings. The summed E-state index contributed by atoms with van der Waals surface area (Å²) in [6.07, 6.45) is 3.33. The van der Waals surface area contributed by atoms with Crippen molar-refractivity contribution < 1.29 is 13.7 Å². The van der Waals surface area contributed by atoms with Gasteiger partial charge in [-0.15, -0.1) is 11.3 Å². The zero-order chi connectivity index (χ0) is 21.8. The van der Waals surface area contributed by atoms with Gasteiger partial charge in [-0.2, -0.15) is 4.98 Å². The van der Waals surface area contributed by atoms with Gasteiger partial charge in [-0.05, 0) is 48.9 Å². The number of halogens is 1.